The van der Waals surface area contributed by atoms with E-state index in [9.17, 15) is 0 Å². The fourth-order valence-electron chi connectivity index (χ4n) is 2.65. The van der Waals surface area contributed by atoms with E-state index in [1.54, 1.807) is 0 Å². The Morgan fingerprint density at radius 3 is 2.44 bits per heavy atom. The van der Waals surface area contributed by atoms with Crippen molar-refractivity contribution >= 4 is 16.3 Å². The Morgan fingerprint density at radius 2 is 1.68 bits per heavy atom. The molecule has 0 radical (unpaired) electrons. The average molecular weight is 350 g/mol. The van der Waals surface area contributed by atoms with E-state index in [4.69, 9.17) is 4.74 Å². The summed E-state index contributed by atoms with van der Waals surface area (Å²) in [6.07, 6.45) is 1.60. The maximum atomic E-state index is 5.95. The minimum Gasteiger partial charge on any atom is -0.483 e. The number of aromatic nitrogens is 4. The number of para-hydroxylation sites is 1. The first kappa shape index (κ1) is 15.8. The van der Waals surface area contributed by atoms with E-state index in [-0.39, 0.29) is 6.10 Å². The predicted molar refractivity (Wildman–Crippen MR) is 98.0 cm³/mol. The van der Waals surface area contributed by atoms with Gasteiger partial charge in [0.05, 0.1) is 0 Å². The molecule has 4 rings (SSSR count). The van der Waals surface area contributed by atoms with E-state index in [0.717, 1.165) is 34.4 Å². The Labute approximate surface area is 149 Å². The topological polar surface area (TPSA) is 52.3 Å². The monoisotopic (exact) mass is 350 g/mol. The molecule has 0 amide bonds. The third-order valence-corrected chi connectivity index (χ3v) is 5.01. The number of fused-ring (bicyclic) bond motifs is 1. The molecule has 0 spiro atoms. The fraction of sp³-hybridized carbons (Fsp3) is 0.211. The number of aryl methyl sites for hydroxylation is 2. The molecule has 0 N–H and O–H groups in total. The van der Waals surface area contributed by atoms with Crippen LogP contribution < -0.4 is 4.74 Å². The molecule has 0 aliphatic heterocycles. The van der Waals surface area contributed by atoms with Crippen molar-refractivity contribution in [1.82, 2.24) is 19.8 Å². The van der Waals surface area contributed by atoms with Crippen LogP contribution in [0.25, 0.3) is 4.96 Å². The number of ether oxygens (including phenoxy) is 1. The standard InChI is InChI=1S/C19H18N4OS/c1-14(24-16-10-6-3-7-11-16)18-22-23-17(20-21-19(23)25-18)13-12-15-8-4-2-5-9-15/h2-11,14H,12-13H2,1H3/t14-/m1/s1. The van der Waals surface area contributed by atoms with Gasteiger partial charge in [-0.15, -0.1) is 10.2 Å². The molecule has 25 heavy (non-hydrogen) atoms. The van der Waals surface area contributed by atoms with Gasteiger partial charge in [0, 0.05) is 6.42 Å². The van der Waals surface area contributed by atoms with Crippen LogP contribution in [0.3, 0.4) is 0 Å². The minimum atomic E-state index is -0.129. The summed E-state index contributed by atoms with van der Waals surface area (Å²) in [7, 11) is 0. The number of hydrogen-bond acceptors (Lipinski definition) is 5. The van der Waals surface area contributed by atoms with Crippen molar-refractivity contribution in [3.63, 3.8) is 0 Å². The summed E-state index contributed by atoms with van der Waals surface area (Å²) in [6, 6.07) is 20.2. The number of rotatable bonds is 6. The largest absolute Gasteiger partial charge is 0.483 e. The lowest BCUT2D eigenvalue weighted by Gasteiger charge is -2.11. The van der Waals surface area contributed by atoms with Gasteiger partial charge in [-0.05, 0) is 31.0 Å². The molecule has 0 aliphatic rings. The van der Waals surface area contributed by atoms with Gasteiger partial charge in [-0.1, -0.05) is 59.9 Å². The minimum absolute atomic E-state index is 0.129. The van der Waals surface area contributed by atoms with Crippen molar-refractivity contribution < 1.29 is 4.74 Å². The second-order valence-corrected chi connectivity index (χ2v) is 6.80. The second kappa shape index (κ2) is 7.03. The van der Waals surface area contributed by atoms with Crippen LogP contribution in [0.5, 0.6) is 5.75 Å². The molecular formula is C19H18N4OS. The Morgan fingerprint density at radius 1 is 0.960 bits per heavy atom. The Hall–Kier alpha value is -2.73. The molecule has 0 bridgehead atoms. The van der Waals surface area contributed by atoms with E-state index < -0.39 is 0 Å². The molecule has 0 fully saturated rings. The van der Waals surface area contributed by atoms with E-state index >= 15 is 0 Å². The molecule has 126 valence electrons. The van der Waals surface area contributed by atoms with Crippen molar-refractivity contribution in [3.8, 4) is 5.75 Å². The van der Waals surface area contributed by atoms with Crippen LogP contribution in [0.15, 0.2) is 60.7 Å². The first-order chi connectivity index (χ1) is 12.3. The van der Waals surface area contributed by atoms with Crippen LogP contribution in [0.2, 0.25) is 0 Å². The molecule has 6 heteroatoms. The summed E-state index contributed by atoms with van der Waals surface area (Å²) in [5, 5.41) is 14.1. The molecule has 0 aliphatic carbocycles. The van der Waals surface area contributed by atoms with Gasteiger partial charge in [0.1, 0.15) is 11.9 Å². The first-order valence-corrected chi connectivity index (χ1v) is 9.08. The zero-order chi connectivity index (χ0) is 17.1. The smallest absolute Gasteiger partial charge is 0.234 e. The van der Waals surface area contributed by atoms with Gasteiger partial charge >= 0.3 is 0 Å². The SMILES string of the molecule is C[C@@H](Oc1ccccc1)c1nn2c(CCc3ccccc3)nnc2s1. The highest BCUT2D eigenvalue weighted by Gasteiger charge is 2.17. The van der Waals surface area contributed by atoms with Crippen molar-refractivity contribution in [3.05, 3.63) is 77.1 Å². The first-order valence-electron chi connectivity index (χ1n) is 8.26. The van der Waals surface area contributed by atoms with Gasteiger partial charge in [-0.25, -0.2) is 0 Å². The molecule has 2 aromatic carbocycles. The maximum absolute atomic E-state index is 5.95. The van der Waals surface area contributed by atoms with Crippen LogP contribution in [0.1, 0.15) is 29.4 Å². The number of hydrogen-bond donors (Lipinski definition) is 0. The number of nitrogens with zero attached hydrogens (tertiary/aromatic N) is 4. The molecular weight excluding hydrogens is 332 g/mol. The lowest BCUT2D eigenvalue weighted by atomic mass is 10.1. The summed E-state index contributed by atoms with van der Waals surface area (Å²) in [6.45, 7) is 2.00. The van der Waals surface area contributed by atoms with E-state index in [1.807, 2.05) is 47.8 Å². The molecule has 0 saturated heterocycles. The third kappa shape index (κ3) is 3.53. The molecule has 0 saturated carbocycles. The molecule has 4 aromatic rings. The zero-order valence-electron chi connectivity index (χ0n) is 13.9. The number of benzene rings is 2. The second-order valence-electron chi connectivity index (χ2n) is 5.81. The van der Waals surface area contributed by atoms with Crippen molar-refractivity contribution in [2.75, 3.05) is 0 Å². The Bertz CT molecular complexity index is 949. The Kier molecular flexibility index (Phi) is 4.43. The van der Waals surface area contributed by atoms with Crippen LogP contribution in [0, 0.1) is 0 Å². The highest BCUT2D eigenvalue weighted by Crippen LogP contribution is 2.25. The van der Waals surface area contributed by atoms with Crippen molar-refractivity contribution in [2.24, 2.45) is 0 Å². The molecule has 2 aromatic heterocycles. The van der Waals surface area contributed by atoms with E-state index in [0.29, 0.717) is 0 Å². The Balaban J connectivity index is 1.50. The molecule has 5 nitrogen and oxygen atoms in total. The van der Waals surface area contributed by atoms with Crippen LogP contribution in [0.4, 0.5) is 0 Å². The highest BCUT2D eigenvalue weighted by molar-refractivity contribution is 7.16. The molecule has 1 atom stereocenters. The van der Waals surface area contributed by atoms with Gasteiger partial charge in [0.25, 0.3) is 0 Å². The van der Waals surface area contributed by atoms with Gasteiger partial charge in [0.2, 0.25) is 4.96 Å². The summed E-state index contributed by atoms with van der Waals surface area (Å²) in [5.74, 6) is 1.72. The van der Waals surface area contributed by atoms with Crippen molar-refractivity contribution in [2.45, 2.75) is 25.9 Å². The normalized spacial score (nSPS) is 12.4. The van der Waals surface area contributed by atoms with Crippen LogP contribution in [-0.2, 0) is 12.8 Å². The maximum Gasteiger partial charge on any atom is 0.234 e. The molecule has 0 unspecified atom stereocenters. The quantitative estimate of drug-likeness (QED) is 0.525. The van der Waals surface area contributed by atoms with Gasteiger partial charge in [-0.3, -0.25) is 0 Å². The summed E-state index contributed by atoms with van der Waals surface area (Å²) >= 11 is 1.52. The van der Waals surface area contributed by atoms with Gasteiger partial charge in [0.15, 0.2) is 10.8 Å². The van der Waals surface area contributed by atoms with Crippen LogP contribution >= 0.6 is 11.3 Å². The predicted octanol–water partition coefficient (Wildman–Crippen LogP) is 4.11. The van der Waals surface area contributed by atoms with Gasteiger partial charge < -0.3 is 4.74 Å². The summed E-state index contributed by atoms with van der Waals surface area (Å²) in [5.41, 5.74) is 1.29. The lowest BCUT2D eigenvalue weighted by Crippen LogP contribution is -2.05. The average Bonchev–Trinajstić information content (AvgIpc) is 3.23. The van der Waals surface area contributed by atoms with Crippen LogP contribution in [-0.4, -0.2) is 19.8 Å². The van der Waals surface area contributed by atoms with E-state index in [2.05, 4.69) is 39.6 Å². The van der Waals surface area contributed by atoms with Gasteiger partial charge in [-0.2, -0.15) is 9.61 Å². The summed E-state index contributed by atoms with van der Waals surface area (Å²) < 4.78 is 7.80. The zero-order valence-corrected chi connectivity index (χ0v) is 14.7. The summed E-state index contributed by atoms with van der Waals surface area (Å²) in [4.78, 5) is 0.807. The third-order valence-electron chi connectivity index (χ3n) is 3.96. The van der Waals surface area contributed by atoms with Crippen molar-refractivity contribution in [1.29, 1.82) is 0 Å². The lowest BCUT2D eigenvalue weighted by molar-refractivity contribution is 0.225. The molecule has 2 heterocycles. The van der Waals surface area contributed by atoms with E-state index in [1.165, 1.54) is 16.9 Å². The highest BCUT2D eigenvalue weighted by atomic mass is 32.1. The fourth-order valence-corrected chi connectivity index (χ4v) is 3.48.